The number of carbonyl (C=O) groups is 1. The SMILES string of the molecule is C=CCN(CC=C)c1cc(Cl)c(C(=O)O)cc1F. The lowest BCUT2D eigenvalue weighted by Crippen LogP contribution is -2.24. The molecule has 18 heavy (non-hydrogen) atoms. The second kappa shape index (κ2) is 6.21. The third kappa shape index (κ3) is 3.11. The topological polar surface area (TPSA) is 40.5 Å². The lowest BCUT2D eigenvalue weighted by molar-refractivity contribution is 0.0696. The highest BCUT2D eigenvalue weighted by atomic mass is 35.5. The zero-order valence-corrected chi connectivity index (χ0v) is 10.5. The molecule has 0 spiro atoms. The Morgan fingerprint density at radius 2 is 1.94 bits per heavy atom. The highest BCUT2D eigenvalue weighted by molar-refractivity contribution is 6.33. The van der Waals surface area contributed by atoms with E-state index in [1.165, 1.54) is 6.07 Å². The maximum Gasteiger partial charge on any atom is 0.337 e. The molecule has 0 aliphatic rings. The van der Waals surface area contributed by atoms with E-state index in [9.17, 15) is 9.18 Å². The van der Waals surface area contributed by atoms with Crippen LogP contribution in [0.5, 0.6) is 0 Å². The largest absolute Gasteiger partial charge is 0.478 e. The summed E-state index contributed by atoms with van der Waals surface area (Å²) in [5.74, 6) is -1.90. The van der Waals surface area contributed by atoms with Crippen LogP contribution in [0.4, 0.5) is 10.1 Å². The standard InChI is InChI=1S/C13H13ClFNO2/c1-3-5-16(6-4-2)12-8-10(14)9(13(17)18)7-11(12)15/h3-4,7-8H,1-2,5-6H2,(H,17,18). The van der Waals surface area contributed by atoms with Gasteiger partial charge in [-0.05, 0) is 12.1 Å². The number of carboxylic acid groups (broad SMARTS) is 1. The molecule has 1 aromatic rings. The summed E-state index contributed by atoms with van der Waals surface area (Å²) in [5, 5.41) is 8.83. The molecule has 1 aromatic carbocycles. The van der Waals surface area contributed by atoms with Crippen molar-refractivity contribution in [3.8, 4) is 0 Å². The molecule has 0 aliphatic carbocycles. The van der Waals surface area contributed by atoms with Crippen LogP contribution in [0.2, 0.25) is 5.02 Å². The van der Waals surface area contributed by atoms with Crippen LogP contribution < -0.4 is 4.90 Å². The lowest BCUT2D eigenvalue weighted by atomic mass is 10.1. The van der Waals surface area contributed by atoms with E-state index < -0.39 is 11.8 Å². The number of hydrogen-bond donors (Lipinski definition) is 1. The van der Waals surface area contributed by atoms with Gasteiger partial charge in [-0.3, -0.25) is 0 Å². The number of nitrogens with zero attached hydrogens (tertiary/aromatic N) is 1. The van der Waals surface area contributed by atoms with Gasteiger partial charge in [0.1, 0.15) is 5.82 Å². The first kappa shape index (κ1) is 14.3. The summed E-state index contributed by atoms with van der Waals surface area (Å²) in [4.78, 5) is 12.5. The smallest absolute Gasteiger partial charge is 0.337 e. The third-order valence-electron chi connectivity index (χ3n) is 2.31. The normalized spacial score (nSPS) is 9.89. The Morgan fingerprint density at radius 1 is 1.39 bits per heavy atom. The van der Waals surface area contributed by atoms with Gasteiger partial charge in [-0.1, -0.05) is 23.8 Å². The molecule has 0 unspecified atom stereocenters. The van der Waals surface area contributed by atoms with Crippen molar-refractivity contribution in [3.05, 3.63) is 53.8 Å². The first-order valence-corrected chi connectivity index (χ1v) is 5.58. The zero-order chi connectivity index (χ0) is 13.7. The molecule has 0 heterocycles. The number of aromatic carboxylic acids is 1. The van der Waals surface area contributed by atoms with Gasteiger partial charge in [-0.2, -0.15) is 0 Å². The molecule has 0 fully saturated rings. The maximum atomic E-state index is 13.9. The number of benzene rings is 1. The minimum atomic E-state index is -1.26. The summed E-state index contributed by atoms with van der Waals surface area (Å²) in [6, 6.07) is 2.21. The predicted octanol–water partition coefficient (Wildman–Crippen LogP) is 3.36. The van der Waals surface area contributed by atoms with Crippen LogP contribution in [0, 0.1) is 5.82 Å². The monoisotopic (exact) mass is 269 g/mol. The fourth-order valence-electron chi connectivity index (χ4n) is 1.53. The molecule has 0 atom stereocenters. The number of halogens is 2. The fourth-order valence-corrected chi connectivity index (χ4v) is 1.76. The maximum absolute atomic E-state index is 13.9. The Labute approximate surface area is 110 Å². The van der Waals surface area contributed by atoms with Gasteiger partial charge < -0.3 is 10.0 Å². The van der Waals surface area contributed by atoms with E-state index >= 15 is 0 Å². The Bertz CT molecular complexity index is 478. The quantitative estimate of drug-likeness (QED) is 0.805. The number of anilines is 1. The minimum absolute atomic E-state index is 0.00276. The van der Waals surface area contributed by atoms with Crippen molar-refractivity contribution in [2.24, 2.45) is 0 Å². The van der Waals surface area contributed by atoms with Gasteiger partial charge in [0.2, 0.25) is 0 Å². The van der Waals surface area contributed by atoms with E-state index in [0.717, 1.165) is 6.07 Å². The molecule has 0 amide bonds. The highest BCUT2D eigenvalue weighted by Gasteiger charge is 2.16. The van der Waals surface area contributed by atoms with Crippen LogP contribution in [0.15, 0.2) is 37.4 Å². The van der Waals surface area contributed by atoms with Gasteiger partial charge in [0.15, 0.2) is 0 Å². The van der Waals surface area contributed by atoms with Crippen LogP contribution in [0.1, 0.15) is 10.4 Å². The molecule has 5 heteroatoms. The molecule has 0 saturated heterocycles. The first-order valence-electron chi connectivity index (χ1n) is 5.20. The Kier molecular flexibility index (Phi) is 4.92. The summed E-state index contributed by atoms with van der Waals surface area (Å²) in [6.07, 6.45) is 3.23. The van der Waals surface area contributed by atoms with Crippen molar-refractivity contribution in [2.75, 3.05) is 18.0 Å². The second-order valence-corrected chi connectivity index (χ2v) is 3.98. The first-order chi connectivity index (χ1) is 8.51. The average Bonchev–Trinajstić information content (AvgIpc) is 2.31. The molecule has 0 saturated carbocycles. The van der Waals surface area contributed by atoms with Crippen LogP contribution in [0.3, 0.4) is 0 Å². The second-order valence-electron chi connectivity index (χ2n) is 3.57. The highest BCUT2D eigenvalue weighted by Crippen LogP contribution is 2.27. The molecule has 96 valence electrons. The molecule has 1 N–H and O–H groups in total. The Balaban J connectivity index is 3.23. The Hall–Kier alpha value is -1.81. The molecule has 0 radical (unpaired) electrons. The zero-order valence-electron chi connectivity index (χ0n) is 9.70. The fraction of sp³-hybridized carbons (Fsp3) is 0.154. The minimum Gasteiger partial charge on any atom is -0.478 e. The van der Waals surface area contributed by atoms with E-state index in [1.54, 1.807) is 17.1 Å². The van der Waals surface area contributed by atoms with Crippen LogP contribution in [0.25, 0.3) is 0 Å². The number of rotatable bonds is 6. The van der Waals surface area contributed by atoms with Crippen LogP contribution in [-0.2, 0) is 0 Å². The lowest BCUT2D eigenvalue weighted by Gasteiger charge is -2.22. The van der Waals surface area contributed by atoms with Gasteiger partial charge in [0.05, 0.1) is 16.3 Å². The molecule has 0 bridgehead atoms. The van der Waals surface area contributed by atoms with E-state index in [0.29, 0.717) is 13.1 Å². The molecular formula is C13H13ClFNO2. The van der Waals surface area contributed by atoms with E-state index in [-0.39, 0.29) is 16.3 Å². The summed E-state index contributed by atoms with van der Waals surface area (Å²) >= 11 is 5.81. The van der Waals surface area contributed by atoms with Gasteiger partial charge in [0.25, 0.3) is 0 Å². The summed E-state index contributed by atoms with van der Waals surface area (Å²) in [7, 11) is 0. The van der Waals surface area contributed by atoms with Gasteiger partial charge >= 0.3 is 5.97 Å². The van der Waals surface area contributed by atoms with E-state index in [2.05, 4.69) is 13.2 Å². The average molecular weight is 270 g/mol. The van der Waals surface area contributed by atoms with Gasteiger partial charge in [-0.25, -0.2) is 9.18 Å². The third-order valence-corrected chi connectivity index (χ3v) is 2.62. The van der Waals surface area contributed by atoms with Crippen molar-refractivity contribution in [1.82, 2.24) is 0 Å². The Morgan fingerprint density at radius 3 is 2.39 bits per heavy atom. The molecule has 1 rings (SSSR count). The van der Waals surface area contributed by atoms with Gasteiger partial charge in [0, 0.05) is 13.1 Å². The van der Waals surface area contributed by atoms with Crippen molar-refractivity contribution in [1.29, 1.82) is 0 Å². The summed E-state index contributed by atoms with van der Waals surface area (Å²) in [5.41, 5.74) is -0.0279. The van der Waals surface area contributed by atoms with Crippen LogP contribution >= 0.6 is 11.6 Å². The summed E-state index contributed by atoms with van der Waals surface area (Å²) in [6.45, 7) is 7.98. The van der Waals surface area contributed by atoms with Crippen molar-refractivity contribution in [3.63, 3.8) is 0 Å². The van der Waals surface area contributed by atoms with Crippen molar-refractivity contribution in [2.45, 2.75) is 0 Å². The van der Waals surface area contributed by atoms with Crippen LogP contribution in [-0.4, -0.2) is 24.2 Å². The van der Waals surface area contributed by atoms with Gasteiger partial charge in [-0.15, -0.1) is 13.2 Å². The number of hydrogen-bond acceptors (Lipinski definition) is 2. The predicted molar refractivity (Wildman–Crippen MR) is 71.0 cm³/mol. The molecule has 0 aliphatic heterocycles. The number of carboxylic acids is 1. The molecule has 0 aromatic heterocycles. The van der Waals surface area contributed by atoms with E-state index in [1.807, 2.05) is 0 Å². The van der Waals surface area contributed by atoms with Crippen molar-refractivity contribution >= 4 is 23.3 Å². The molecule has 3 nitrogen and oxygen atoms in total. The summed E-state index contributed by atoms with van der Waals surface area (Å²) < 4.78 is 13.9. The molecular weight excluding hydrogens is 257 g/mol. The van der Waals surface area contributed by atoms with E-state index in [4.69, 9.17) is 16.7 Å². The van der Waals surface area contributed by atoms with Crippen molar-refractivity contribution < 1.29 is 14.3 Å².